The lowest BCUT2D eigenvalue weighted by atomic mass is 9.87. The van der Waals surface area contributed by atoms with Crippen LogP contribution in [0.3, 0.4) is 0 Å². The van der Waals surface area contributed by atoms with Gasteiger partial charge in [0.25, 0.3) is 0 Å². The van der Waals surface area contributed by atoms with Crippen molar-refractivity contribution in [2.24, 2.45) is 17.8 Å². The van der Waals surface area contributed by atoms with Gasteiger partial charge in [-0.25, -0.2) is 4.79 Å². The third-order valence-electron chi connectivity index (χ3n) is 4.46. The molecule has 25 heavy (non-hydrogen) atoms. The van der Waals surface area contributed by atoms with Crippen LogP contribution in [-0.2, 0) is 24.4 Å². The van der Waals surface area contributed by atoms with E-state index in [0.717, 1.165) is 0 Å². The number of carboxylic acid groups (broad SMARTS) is 1. The van der Waals surface area contributed by atoms with Gasteiger partial charge in [-0.05, 0) is 31.1 Å². The van der Waals surface area contributed by atoms with E-state index in [4.69, 9.17) is 9.66 Å². The summed E-state index contributed by atoms with van der Waals surface area (Å²) in [6.07, 6.45) is 1.95. The van der Waals surface area contributed by atoms with Gasteiger partial charge in [0, 0.05) is 5.57 Å². The Morgan fingerprint density at radius 3 is 2.36 bits per heavy atom. The van der Waals surface area contributed by atoms with Crippen molar-refractivity contribution >= 4 is 22.1 Å². The zero-order chi connectivity index (χ0) is 19.2. The van der Waals surface area contributed by atoms with Crippen molar-refractivity contribution in [1.82, 2.24) is 0 Å². The molecule has 0 aliphatic heterocycles. The number of halogens is 4. The van der Waals surface area contributed by atoms with Crippen molar-refractivity contribution in [3.8, 4) is 0 Å². The van der Waals surface area contributed by atoms with Crippen molar-refractivity contribution in [2.75, 3.05) is 6.61 Å². The second-order valence-electron chi connectivity index (χ2n) is 6.04. The van der Waals surface area contributed by atoms with Gasteiger partial charge >= 0.3 is 33.2 Å². The smallest absolute Gasteiger partial charge is 0.435 e. The molecule has 0 spiro atoms. The van der Waals surface area contributed by atoms with E-state index in [1.807, 2.05) is 0 Å². The molecule has 3 unspecified atom stereocenters. The molecule has 142 valence electrons. The normalized spacial score (nSPS) is 26.9. The Hall–Kier alpha value is -1.69. The highest BCUT2D eigenvalue weighted by Gasteiger charge is 2.66. The van der Waals surface area contributed by atoms with Crippen LogP contribution < -0.4 is 0 Å². The van der Waals surface area contributed by atoms with E-state index in [1.54, 1.807) is 0 Å². The molecule has 2 aliphatic carbocycles. The number of allylic oxidation sites excluding steroid dienone is 1. The molecule has 0 heterocycles. The van der Waals surface area contributed by atoms with Crippen LogP contribution in [0.2, 0.25) is 0 Å². The fourth-order valence-electron chi connectivity index (χ4n) is 3.15. The Balaban J connectivity index is 2.04. The first-order valence-electron chi connectivity index (χ1n) is 7.10. The van der Waals surface area contributed by atoms with E-state index in [2.05, 4.69) is 4.74 Å². The van der Waals surface area contributed by atoms with Crippen molar-refractivity contribution in [2.45, 2.75) is 30.4 Å². The van der Waals surface area contributed by atoms with Crippen LogP contribution in [0.25, 0.3) is 0 Å². The third kappa shape index (κ3) is 3.50. The molecule has 7 nitrogen and oxygen atoms in total. The number of carbonyl (C=O) groups is 2. The lowest BCUT2D eigenvalue weighted by Gasteiger charge is -2.24. The predicted molar refractivity (Wildman–Crippen MR) is 72.4 cm³/mol. The summed E-state index contributed by atoms with van der Waals surface area (Å²) in [5.41, 5.74) is -0.0917. The van der Waals surface area contributed by atoms with Gasteiger partial charge in [0.15, 0.2) is 6.61 Å². The molecule has 12 heteroatoms. The maximum absolute atomic E-state index is 13.3. The predicted octanol–water partition coefficient (Wildman–Crippen LogP) is 1.70. The van der Waals surface area contributed by atoms with Crippen LogP contribution >= 0.6 is 0 Å². The van der Waals surface area contributed by atoms with E-state index in [1.165, 1.54) is 6.08 Å². The summed E-state index contributed by atoms with van der Waals surface area (Å²) in [5, 5.41) is 3.23. The number of rotatable bonds is 6. The average molecular weight is 390 g/mol. The van der Waals surface area contributed by atoms with Crippen molar-refractivity contribution < 1.29 is 50.0 Å². The molecule has 2 bridgehead atoms. The Morgan fingerprint density at radius 2 is 1.84 bits per heavy atom. The summed E-state index contributed by atoms with van der Waals surface area (Å²) >= 11 is 0. The van der Waals surface area contributed by atoms with Gasteiger partial charge in [-0.15, -0.1) is 0 Å². The molecular weight excluding hydrogens is 376 g/mol. The highest BCUT2D eigenvalue weighted by Crippen LogP contribution is 2.46. The van der Waals surface area contributed by atoms with Crippen molar-refractivity contribution in [1.29, 1.82) is 0 Å². The van der Waals surface area contributed by atoms with E-state index < -0.39 is 51.7 Å². The first-order valence-corrected chi connectivity index (χ1v) is 8.54. The Bertz CT molecular complexity index is 716. The summed E-state index contributed by atoms with van der Waals surface area (Å²) in [5.74, 6) is -9.19. The van der Waals surface area contributed by atoms with E-state index in [0.29, 0.717) is 6.42 Å². The van der Waals surface area contributed by atoms with Gasteiger partial charge in [0.2, 0.25) is 0 Å². The lowest BCUT2D eigenvalue weighted by Crippen LogP contribution is -2.50. The number of fused-ring (bicyclic) bond motifs is 2. The number of carboxylic acids is 1. The van der Waals surface area contributed by atoms with Crippen LogP contribution in [0, 0.1) is 17.8 Å². The molecule has 0 aromatic heterocycles. The van der Waals surface area contributed by atoms with Gasteiger partial charge in [-0.1, -0.05) is 6.08 Å². The van der Waals surface area contributed by atoms with Gasteiger partial charge in [0.05, 0.1) is 5.92 Å². The van der Waals surface area contributed by atoms with Crippen molar-refractivity contribution in [3.05, 3.63) is 11.6 Å². The molecule has 0 saturated heterocycles. The number of ether oxygens (including phenoxy) is 1. The molecule has 1 fully saturated rings. The zero-order valence-corrected chi connectivity index (χ0v) is 13.3. The fourth-order valence-corrected chi connectivity index (χ4v) is 3.59. The van der Waals surface area contributed by atoms with Crippen LogP contribution in [0.4, 0.5) is 17.6 Å². The topological polar surface area (TPSA) is 118 Å². The van der Waals surface area contributed by atoms with Gasteiger partial charge in [-0.2, -0.15) is 26.0 Å². The molecule has 2 aliphatic rings. The van der Waals surface area contributed by atoms with Crippen LogP contribution in [-0.4, -0.2) is 47.8 Å². The number of aliphatic carboxylic acids is 1. The summed E-state index contributed by atoms with van der Waals surface area (Å²) < 4.78 is 85.7. The maximum Gasteiger partial charge on any atom is 0.435 e. The zero-order valence-electron chi connectivity index (χ0n) is 12.5. The highest BCUT2D eigenvalue weighted by molar-refractivity contribution is 7.87. The van der Waals surface area contributed by atoms with E-state index in [-0.39, 0.29) is 24.3 Å². The minimum atomic E-state index is -6.41. The van der Waals surface area contributed by atoms with Gasteiger partial charge in [0.1, 0.15) is 0 Å². The largest absolute Gasteiger partial charge is 0.481 e. The Morgan fingerprint density at radius 1 is 1.24 bits per heavy atom. The summed E-state index contributed by atoms with van der Waals surface area (Å²) in [4.78, 5) is 22.9. The second-order valence-corrected chi connectivity index (χ2v) is 7.50. The standard InChI is InChI=1S/C13H14F4O7S/c14-12(15,13(16,17)25(21,22)23)5-24-11(20)8-2-1-6-3-7(8)4-9(6)10(18)19/h2,6-7,9H,1,3-5H2,(H,18,19)(H,21,22,23). The number of carbonyl (C=O) groups excluding carboxylic acids is 1. The fraction of sp³-hybridized carbons (Fsp3) is 0.692. The molecular formula is C13H14F4O7S. The molecule has 1 saturated carbocycles. The first kappa shape index (κ1) is 19.6. The van der Waals surface area contributed by atoms with Gasteiger partial charge in [-0.3, -0.25) is 9.35 Å². The maximum atomic E-state index is 13.3. The SMILES string of the molecule is O=C(OCC(F)(F)C(F)(F)S(=O)(=O)O)C1=CCC2CC1CC2C(=O)O. The van der Waals surface area contributed by atoms with Crippen LogP contribution in [0.15, 0.2) is 11.6 Å². The summed E-state index contributed by atoms with van der Waals surface area (Å²) in [6.45, 7) is -2.26. The van der Waals surface area contributed by atoms with E-state index >= 15 is 0 Å². The highest BCUT2D eigenvalue weighted by atomic mass is 32.2. The lowest BCUT2D eigenvalue weighted by molar-refractivity contribution is -0.194. The average Bonchev–Trinajstić information content (AvgIpc) is 2.81. The van der Waals surface area contributed by atoms with Crippen molar-refractivity contribution in [3.63, 3.8) is 0 Å². The molecule has 0 aromatic carbocycles. The van der Waals surface area contributed by atoms with E-state index in [9.17, 15) is 35.6 Å². The second kappa shape index (κ2) is 6.24. The molecule has 3 atom stereocenters. The minimum absolute atomic E-state index is 0.0917. The Kier molecular flexibility index (Phi) is 4.90. The number of hydrogen-bond donors (Lipinski definition) is 2. The minimum Gasteiger partial charge on any atom is -0.481 e. The summed E-state index contributed by atoms with van der Waals surface area (Å²) in [6, 6.07) is 0. The number of hydrogen-bond acceptors (Lipinski definition) is 5. The molecule has 0 amide bonds. The molecule has 2 N–H and O–H groups in total. The molecule has 0 radical (unpaired) electrons. The Labute approximate surface area is 139 Å². The van der Waals surface area contributed by atoms with Crippen LogP contribution in [0.1, 0.15) is 19.3 Å². The first-order chi connectivity index (χ1) is 11.3. The molecule has 0 aromatic rings. The molecule has 2 rings (SSSR count). The van der Waals surface area contributed by atoms with Crippen LogP contribution in [0.5, 0.6) is 0 Å². The number of alkyl halides is 4. The third-order valence-corrected chi connectivity index (χ3v) is 5.41. The monoisotopic (exact) mass is 390 g/mol. The summed E-state index contributed by atoms with van der Waals surface area (Å²) in [7, 11) is -6.41. The quantitative estimate of drug-likeness (QED) is 0.403. The van der Waals surface area contributed by atoms with Gasteiger partial charge < -0.3 is 9.84 Å². The number of esters is 1.